The van der Waals surface area contributed by atoms with Crippen molar-refractivity contribution in [3.63, 3.8) is 0 Å². The van der Waals surface area contributed by atoms with E-state index in [0.29, 0.717) is 5.56 Å². The Morgan fingerprint density at radius 3 is 2.57 bits per heavy atom. The van der Waals surface area contributed by atoms with Crippen LogP contribution >= 0.6 is 11.8 Å². The van der Waals surface area contributed by atoms with Crippen LogP contribution in [0, 0.1) is 6.92 Å². The second kappa shape index (κ2) is 7.90. The number of aromatic carboxylic acids is 1. The van der Waals surface area contributed by atoms with E-state index in [1.54, 1.807) is 30.1 Å². The molecule has 4 nitrogen and oxygen atoms in total. The van der Waals surface area contributed by atoms with E-state index in [4.69, 9.17) is 5.11 Å². The molecule has 5 heteroatoms. The first-order valence-electron chi connectivity index (χ1n) is 9.09. The quantitative estimate of drug-likeness (QED) is 0.443. The number of hydrogen-bond acceptors (Lipinski definition) is 3. The van der Waals surface area contributed by atoms with Crippen LogP contribution < -0.4 is 0 Å². The predicted molar refractivity (Wildman–Crippen MR) is 114 cm³/mol. The fourth-order valence-corrected chi connectivity index (χ4v) is 4.37. The number of nitrogens with zero attached hydrogens (tertiary/aromatic N) is 2. The molecule has 0 unspecified atom stereocenters. The summed E-state index contributed by atoms with van der Waals surface area (Å²) in [5, 5.41) is 10.3. The first-order valence-corrected chi connectivity index (χ1v) is 10.1. The van der Waals surface area contributed by atoms with Gasteiger partial charge >= 0.3 is 5.97 Å². The van der Waals surface area contributed by atoms with Gasteiger partial charge in [-0.3, -0.25) is 4.98 Å². The summed E-state index contributed by atoms with van der Waals surface area (Å²) in [6.07, 6.45) is 3.71. The molecule has 28 heavy (non-hydrogen) atoms. The Bertz CT molecular complexity index is 1120. The molecule has 4 aromatic rings. The normalized spacial score (nSPS) is 11.0. The van der Waals surface area contributed by atoms with Gasteiger partial charge in [-0.1, -0.05) is 18.2 Å². The van der Waals surface area contributed by atoms with E-state index < -0.39 is 5.97 Å². The maximum atomic E-state index is 11.0. The molecule has 0 bridgehead atoms. The van der Waals surface area contributed by atoms with Crippen LogP contribution in [0.4, 0.5) is 0 Å². The van der Waals surface area contributed by atoms with Crippen molar-refractivity contribution in [3.8, 4) is 11.3 Å². The Morgan fingerprint density at radius 2 is 1.86 bits per heavy atom. The van der Waals surface area contributed by atoms with E-state index >= 15 is 0 Å². The molecule has 2 heterocycles. The van der Waals surface area contributed by atoms with Gasteiger partial charge in [0, 0.05) is 46.1 Å². The molecule has 0 spiro atoms. The fourth-order valence-electron chi connectivity index (χ4n) is 3.53. The van der Waals surface area contributed by atoms with Crippen molar-refractivity contribution in [2.45, 2.75) is 18.4 Å². The number of aryl methyl sites for hydroxylation is 2. The Hall–Kier alpha value is -3.05. The third-order valence-electron chi connectivity index (χ3n) is 4.84. The number of carboxylic acids is 1. The lowest BCUT2D eigenvalue weighted by molar-refractivity contribution is 0.0697. The van der Waals surface area contributed by atoms with Gasteiger partial charge in [0.15, 0.2) is 0 Å². The summed E-state index contributed by atoms with van der Waals surface area (Å²) in [7, 11) is 0. The lowest BCUT2D eigenvalue weighted by Crippen LogP contribution is -2.03. The Morgan fingerprint density at radius 1 is 1.07 bits per heavy atom. The zero-order valence-corrected chi connectivity index (χ0v) is 16.3. The summed E-state index contributed by atoms with van der Waals surface area (Å²) in [5.74, 6) is -0.00964. The molecule has 0 amide bonds. The highest BCUT2D eigenvalue weighted by Gasteiger charge is 2.15. The number of aromatic nitrogens is 2. The van der Waals surface area contributed by atoms with Gasteiger partial charge in [0.1, 0.15) is 0 Å². The van der Waals surface area contributed by atoms with Gasteiger partial charge in [-0.15, -0.1) is 11.8 Å². The van der Waals surface area contributed by atoms with E-state index in [1.165, 1.54) is 22.2 Å². The van der Waals surface area contributed by atoms with Crippen LogP contribution in [-0.2, 0) is 6.54 Å². The molecule has 4 rings (SSSR count). The number of pyridine rings is 1. The third kappa shape index (κ3) is 3.53. The Kier molecular flexibility index (Phi) is 5.17. The van der Waals surface area contributed by atoms with Crippen molar-refractivity contribution in [1.82, 2.24) is 9.55 Å². The average molecular weight is 388 g/mol. The second-order valence-electron chi connectivity index (χ2n) is 6.56. The van der Waals surface area contributed by atoms with Gasteiger partial charge in [-0.2, -0.15) is 0 Å². The van der Waals surface area contributed by atoms with E-state index in [0.717, 1.165) is 22.8 Å². The lowest BCUT2D eigenvalue weighted by atomic mass is 10.1. The Labute approximate surface area is 167 Å². The zero-order valence-electron chi connectivity index (χ0n) is 15.5. The van der Waals surface area contributed by atoms with Crippen molar-refractivity contribution >= 4 is 28.6 Å². The molecule has 0 fully saturated rings. The molecule has 0 aliphatic rings. The molecule has 2 aromatic carbocycles. The molecular formula is C23H20N2O2S. The maximum absolute atomic E-state index is 11.0. The van der Waals surface area contributed by atoms with Crippen molar-refractivity contribution in [3.05, 3.63) is 84.2 Å². The van der Waals surface area contributed by atoms with Gasteiger partial charge in [0.05, 0.1) is 11.3 Å². The molecule has 2 aromatic heterocycles. The largest absolute Gasteiger partial charge is 0.478 e. The minimum Gasteiger partial charge on any atom is -0.478 e. The molecule has 0 saturated heterocycles. The van der Waals surface area contributed by atoms with E-state index in [1.807, 2.05) is 24.4 Å². The number of rotatable bonds is 6. The van der Waals surface area contributed by atoms with E-state index in [9.17, 15) is 4.79 Å². The molecule has 0 aliphatic heterocycles. The minimum atomic E-state index is -0.896. The highest BCUT2D eigenvalue weighted by molar-refractivity contribution is 7.99. The molecule has 1 N–H and O–H groups in total. The van der Waals surface area contributed by atoms with Crippen LogP contribution in [0.2, 0.25) is 0 Å². The summed E-state index contributed by atoms with van der Waals surface area (Å²) in [4.78, 5) is 16.4. The number of fused-ring (bicyclic) bond motifs is 1. The van der Waals surface area contributed by atoms with Gasteiger partial charge in [-0.25, -0.2) is 4.79 Å². The van der Waals surface area contributed by atoms with Crippen LogP contribution in [0.25, 0.3) is 22.2 Å². The van der Waals surface area contributed by atoms with Crippen LogP contribution in [0.15, 0.2) is 78.0 Å². The molecule has 0 radical (unpaired) electrons. The second-order valence-corrected chi connectivity index (χ2v) is 7.73. The summed E-state index contributed by atoms with van der Waals surface area (Å²) in [5.41, 5.74) is 5.12. The topological polar surface area (TPSA) is 55.1 Å². The van der Waals surface area contributed by atoms with Crippen molar-refractivity contribution < 1.29 is 9.90 Å². The first kappa shape index (κ1) is 18.3. The van der Waals surface area contributed by atoms with Gasteiger partial charge in [0.25, 0.3) is 0 Å². The summed E-state index contributed by atoms with van der Waals surface area (Å²) < 4.78 is 2.36. The molecule has 0 aliphatic carbocycles. The Balaban J connectivity index is 1.62. The highest BCUT2D eigenvalue weighted by Crippen LogP contribution is 2.33. The van der Waals surface area contributed by atoms with Crippen LogP contribution in [0.1, 0.15) is 15.9 Å². The number of benzene rings is 2. The van der Waals surface area contributed by atoms with Crippen molar-refractivity contribution in [1.29, 1.82) is 0 Å². The zero-order chi connectivity index (χ0) is 19.5. The van der Waals surface area contributed by atoms with Crippen LogP contribution in [0.5, 0.6) is 0 Å². The fraction of sp³-hybridized carbons (Fsp3) is 0.130. The number of carboxylic acid groups (broad SMARTS) is 1. The summed E-state index contributed by atoms with van der Waals surface area (Å²) in [6, 6.07) is 19.6. The number of para-hydroxylation sites is 1. The number of hydrogen-bond donors (Lipinski definition) is 1. The smallest absolute Gasteiger partial charge is 0.335 e. The first-order chi connectivity index (χ1) is 13.6. The van der Waals surface area contributed by atoms with Crippen LogP contribution in [0.3, 0.4) is 0 Å². The summed E-state index contributed by atoms with van der Waals surface area (Å²) in [6.45, 7) is 3.02. The third-order valence-corrected chi connectivity index (χ3v) is 5.84. The van der Waals surface area contributed by atoms with Gasteiger partial charge in [-0.05, 0) is 55.0 Å². The molecular weight excluding hydrogens is 368 g/mol. The average Bonchev–Trinajstić information content (AvgIpc) is 3.01. The lowest BCUT2D eigenvalue weighted by Gasteiger charge is -2.12. The molecule has 0 atom stereocenters. The van der Waals surface area contributed by atoms with Crippen molar-refractivity contribution in [2.75, 3.05) is 5.75 Å². The standard InChI is InChI=1S/C23H20N2O2S/c1-16-20-6-2-3-7-21(20)25(22(16)18-5-4-12-24-15-18)13-14-28-19-10-8-17(9-11-19)23(26)27/h2-12,15H,13-14H2,1H3,(H,26,27). The SMILES string of the molecule is Cc1c(-c2cccnc2)n(CCSc2ccc(C(=O)O)cc2)c2ccccc12. The number of carbonyl (C=O) groups is 1. The summed E-state index contributed by atoms with van der Waals surface area (Å²) >= 11 is 1.73. The monoisotopic (exact) mass is 388 g/mol. The number of thioether (sulfide) groups is 1. The maximum Gasteiger partial charge on any atom is 0.335 e. The van der Waals surface area contributed by atoms with Crippen LogP contribution in [-0.4, -0.2) is 26.4 Å². The van der Waals surface area contributed by atoms with Crippen molar-refractivity contribution in [2.24, 2.45) is 0 Å². The highest BCUT2D eigenvalue weighted by atomic mass is 32.2. The van der Waals surface area contributed by atoms with E-state index in [-0.39, 0.29) is 0 Å². The predicted octanol–water partition coefficient (Wildman–Crippen LogP) is 5.50. The minimum absolute atomic E-state index is 0.315. The molecule has 0 saturated carbocycles. The van der Waals surface area contributed by atoms with Gasteiger partial charge in [0.2, 0.25) is 0 Å². The van der Waals surface area contributed by atoms with Gasteiger partial charge < -0.3 is 9.67 Å². The molecule has 140 valence electrons. The van der Waals surface area contributed by atoms with E-state index in [2.05, 4.69) is 46.8 Å².